The van der Waals surface area contributed by atoms with Crippen LogP contribution in [0.15, 0.2) is 53.5 Å². The smallest absolute Gasteiger partial charge is 0.191 e. The SMILES string of the molecule is CCNC(=NCC(O)c1cc(OC)cc(OC)c1)NC1CCN(c2ccccc2)CC1. The van der Waals surface area contributed by atoms with E-state index in [2.05, 4.69) is 44.8 Å². The highest BCUT2D eigenvalue weighted by Gasteiger charge is 2.20. The van der Waals surface area contributed by atoms with Gasteiger partial charge in [0, 0.05) is 37.4 Å². The average Bonchev–Trinajstić information content (AvgIpc) is 2.83. The van der Waals surface area contributed by atoms with Crippen LogP contribution in [0.4, 0.5) is 5.69 Å². The number of nitrogens with zero attached hydrogens (tertiary/aromatic N) is 2. The van der Waals surface area contributed by atoms with Gasteiger partial charge in [-0.3, -0.25) is 4.99 Å². The summed E-state index contributed by atoms with van der Waals surface area (Å²) in [7, 11) is 3.19. The van der Waals surface area contributed by atoms with Crippen LogP contribution in [0.25, 0.3) is 0 Å². The number of hydrogen-bond acceptors (Lipinski definition) is 5. The Bertz CT molecular complexity index is 814. The van der Waals surface area contributed by atoms with Gasteiger partial charge in [0.2, 0.25) is 0 Å². The number of aliphatic hydroxyl groups is 1. The van der Waals surface area contributed by atoms with E-state index in [0.717, 1.165) is 38.4 Å². The fourth-order valence-electron chi connectivity index (χ4n) is 3.74. The van der Waals surface area contributed by atoms with Crippen molar-refractivity contribution in [1.82, 2.24) is 10.6 Å². The Hall–Kier alpha value is -2.93. The van der Waals surface area contributed by atoms with Crippen LogP contribution in [0.3, 0.4) is 0 Å². The van der Waals surface area contributed by atoms with Gasteiger partial charge in [-0.05, 0) is 49.6 Å². The summed E-state index contributed by atoms with van der Waals surface area (Å²) in [6.07, 6.45) is 1.32. The molecule has 3 rings (SSSR count). The maximum absolute atomic E-state index is 10.7. The van der Waals surface area contributed by atoms with E-state index in [9.17, 15) is 5.11 Å². The van der Waals surface area contributed by atoms with E-state index in [1.54, 1.807) is 20.3 Å². The predicted molar refractivity (Wildman–Crippen MR) is 125 cm³/mol. The Labute approximate surface area is 185 Å². The number of piperidine rings is 1. The van der Waals surface area contributed by atoms with Crippen molar-refractivity contribution in [3.8, 4) is 11.5 Å². The molecule has 168 valence electrons. The number of anilines is 1. The molecule has 0 bridgehead atoms. The molecule has 0 saturated carbocycles. The number of hydrogen-bond donors (Lipinski definition) is 3. The van der Waals surface area contributed by atoms with Crippen LogP contribution in [0, 0.1) is 0 Å². The molecular formula is C24H34N4O3. The quantitative estimate of drug-likeness (QED) is 0.445. The molecule has 1 fully saturated rings. The highest BCUT2D eigenvalue weighted by Crippen LogP contribution is 2.26. The molecule has 0 amide bonds. The second-order valence-corrected chi connectivity index (χ2v) is 7.62. The second kappa shape index (κ2) is 11.5. The second-order valence-electron chi connectivity index (χ2n) is 7.62. The maximum atomic E-state index is 10.7. The zero-order valence-corrected chi connectivity index (χ0v) is 18.7. The molecule has 31 heavy (non-hydrogen) atoms. The third kappa shape index (κ3) is 6.52. The summed E-state index contributed by atoms with van der Waals surface area (Å²) in [6, 6.07) is 16.3. The predicted octanol–water partition coefficient (Wildman–Crippen LogP) is 2.96. The number of aliphatic imine (C=N–C) groups is 1. The monoisotopic (exact) mass is 426 g/mol. The van der Waals surface area contributed by atoms with Crippen LogP contribution < -0.4 is 25.0 Å². The molecule has 0 aromatic heterocycles. The molecule has 1 saturated heterocycles. The first-order chi connectivity index (χ1) is 15.1. The highest BCUT2D eigenvalue weighted by atomic mass is 16.5. The molecule has 0 radical (unpaired) electrons. The maximum Gasteiger partial charge on any atom is 0.191 e. The third-order valence-electron chi connectivity index (χ3n) is 5.48. The van der Waals surface area contributed by atoms with Gasteiger partial charge in [0.05, 0.1) is 26.9 Å². The normalized spacial score (nSPS) is 16.0. The number of ether oxygens (including phenoxy) is 2. The molecule has 1 unspecified atom stereocenters. The van der Waals surface area contributed by atoms with Gasteiger partial charge in [0.15, 0.2) is 5.96 Å². The van der Waals surface area contributed by atoms with Crippen LogP contribution in [-0.4, -0.2) is 57.5 Å². The van der Waals surface area contributed by atoms with Crippen molar-refractivity contribution in [3.63, 3.8) is 0 Å². The van der Waals surface area contributed by atoms with Crippen LogP contribution in [0.1, 0.15) is 31.4 Å². The number of para-hydroxylation sites is 1. The van der Waals surface area contributed by atoms with Crippen LogP contribution in [-0.2, 0) is 0 Å². The van der Waals surface area contributed by atoms with Crippen molar-refractivity contribution >= 4 is 11.6 Å². The number of aliphatic hydroxyl groups excluding tert-OH is 1. The average molecular weight is 427 g/mol. The van der Waals surface area contributed by atoms with Crippen molar-refractivity contribution in [2.24, 2.45) is 4.99 Å². The first-order valence-electron chi connectivity index (χ1n) is 10.9. The van der Waals surface area contributed by atoms with Crippen molar-refractivity contribution in [2.45, 2.75) is 31.9 Å². The number of nitrogens with one attached hydrogen (secondary N) is 2. The summed E-state index contributed by atoms with van der Waals surface area (Å²) in [4.78, 5) is 7.04. The Kier molecular flexibility index (Phi) is 8.41. The van der Waals surface area contributed by atoms with Gasteiger partial charge in [-0.25, -0.2) is 0 Å². The van der Waals surface area contributed by atoms with E-state index >= 15 is 0 Å². The van der Waals surface area contributed by atoms with Crippen molar-refractivity contribution < 1.29 is 14.6 Å². The number of rotatable bonds is 8. The fraction of sp³-hybridized carbons (Fsp3) is 0.458. The summed E-state index contributed by atoms with van der Waals surface area (Å²) >= 11 is 0. The Balaban J connectivity index is 1.58. The minimum atomic E-state index is -0.751. The van der Waals surface area contributed by atoms with E-state index in [1.807, 2.05) is 25.1 Å². The molecule has 2 aromatic rings. The largest absolute Gasteiger partial charge is 0.497 e. The van der Waals surface area contributed by atoms with E-state index in [4.69, 9.17) is 9.47 Å². The number of methoxy groups -OCH3 is 2. The molecule has 7 nitrogen and oxygen atoms in total. The van der Waals surface area contributed by atoms with Gasteiger partial charge in [-0.2, -0.15) is 0 Å². The highest BCUT2D eigenvalue weighted by molar-refractivity contribution is 5.80. The van der Waals surface area contributed by atoms with E-state index < -0.39 is 6.10 Å². The molecule has 7 heteroatoms. The third-order valence-corrected chi connectivity index (χ3v) is 5.48. The number of benzene rings is 2. The minimum absolute atomic E-state index is 0.245. The lowest BCUT2D eigenvalue weighted by Crippen LogP contribution is -2.48. The van der Waals surface area contributed by atoms with Crippen molar-refractivity contribution in [1.29, 1.82) is 0 Å². The zero-order chi connectivity index (χ0) is 22.1. The molecule has 1 heterocycles. The van der Waals surface area contributed by atoms with Gasteiger partial charge in [0.1, 0.15) is 11.5 Å². The van der Waals surface area contributed by atoms with Crippen LogP contribution in [0.5, 0.6) is 11.5 Å². The summed E-state index contributed by atoms with van der Waals surface area (Å²) < 4.78 is 10.6. The topological polar surface area (TPSA) is 78.4 Å². The molecule has 1 aliphatic rings. The summed E-state index contributed by atoms with van der Waals surface area (Å²) in [6.45, 7) is 5.06. The first kappa shape index (κ1) is 22.7. The lowest BCUT2D eigenvalue weighted by Gasteiger charge is -2.34. The van der Waals surface area contributed by atoms with E-state index in [1.165, 1.54) is 5.69 Å². The van der Waals surface area contributed by atoms with Crippen LogP contribution >= 0.6 is 0 Å². The molecule has 2 aromatic carbocycles. The zero-order valence-electron chi connectivity index (χ0n) is 18.7. The summed E-state index contributed by atoms with van der Waals surface area (Å²) in [5.74, 6) is 2.02. The Morgan fingerprint density at radius 1 is 1.10 bits per heavy atom. The van der Waals surface area contributed by atoms with Crippen molar-refractivity contribution in [3.05, 3.63) is 54.1 Å². The van der Waals surface area contributed by atoms with E-state index in [0.29, 0.717) is 23.1 Å². The van der Waals surface area contributed by atoms with Gasteiger partial charge in [-0.15, -0.1) is 0 Å². The van der Waals surface area contributed by atoms with Gasteiger partial charge >= 0.3 is 0 Å². The van der Waals surface area contributed by atoms with Gasteiger partial charge < -0.3 is 30.1 Å². The fourth-order valence-corrected chi connectivity index (χ4v) is 3.74. The molecule has 0 aliphatic carbocycles. The van der Waals surface area contributed by atoms with E-state index in [-0.39, 0.29) is 6.54 Å². The van der Waals surface area contributed by atoms with Crippen LogP contribution in [0.2, 0.25) is 0 Å². The minimum Gasteiger partial charge on any atom is -0.497 e. The summed E-state index contributed by atoms with van der Waals surface area (Å²) in [5, 5.41) is 17.5. The lowest BCUT2D eigenvalue weighted by atomic mass is 10.0. The summed E-state index contributed by atoms with van der Waals surface area (Å²) in [5.41, 5.74) is 1.99. The van der Waals surface area contributed by atoms with Gasteiger partial charge in [0.25, 0.3) is 0 Å². The standard InChI is InChI=1S/C24H34N4O3/c1-4-25-24(26-17-23(29)18-14-21(30-2)16-22(15-18)31-3)27-19-10-12-28(13-11-19)20-8-6-5-7-9-20/h5-9,14-16,19,23,29H,4,10-13,17H2,1-3H3,(H2,25,26,27). The molecule has 3 N–H and O–H groups in total. The number of guanidine groups is 1. The van der Waals surface area contributed by atoms with Crippen molar-refractivity contribution in [2.75, 3.05) is 45.3 Å². The molecule has 0 spiro atoms. The Morgan fingerprint density at radius 3 is 2.32 bits per heavy atom. The Morgan fingerprint density at radius 2 is 1.74 bits per heavy atom. The lowest BCUT2D eigenvalue weighted by molar-refractivity contribution is 0.186. The molecular weight excluding hydrogens is 392 g/mol. The first-order valence-corrected chi connectivity index (χ1v) is 10.9. The molecule has 1 aliphatic heterocycles. The molecule has 1 atom stereocenters. The van der Waals surface area contributed by atoms with Gasteiger partial charge in [-0.1, -0.05) is 18.2 Å².